The summed E-state index contributed by atoms with van der Waals surface area (Å²) in [6.07, 6.45) is 0. The molecule has 0 atom stereocenters. The van der Waals surface area contributed by atoms with Gasteiger partial charge in [-0.05, 0) is 18.2 Å². The largest absolute Gasteiger partial charge is 2.00 e. The van der Waals surface area contributed by atoms with Gasteiger partial charge in [-0.1, -0.05) is 6.07 Å². The normalized spacial score (nSPS) is 10.4. The number of nitrogen functional groups attached to an aromatic ring is 1. The predicted molar refractivity (Wildman–Crippen MR) is 48.6 cm³/mol. The number of hydrogen-bond donors (Lipinski definition) is 2. The Morgan fingerprint density at radius 3 is 2.33 bits per heavy atom. The van der Waals surface area contributed by atoms with Gasteiger partial charge in [-0.2, -0.15) is 8.42 Å². The number of hydrogen-bond acceptors (Lipinski definition) is 3. The van der Waals surface area contributed by atoms with Crippen molar-refractivity contribution in [2.75, 3.05) is 5.73 Å². The zero-order chi connectivity index (χ0) is 8.48. The van der Waals surface area contributed by atoms with Gasteiger partial charge in [0.1, 0.15) is 0 Å². The molecule has 0 heterocycles. The fraction of sp³-hybridized carbons (Fsp3) is 0. The molecule has 0 radical (unpaired) electrons. The summed E-state index contributed by atoms with van der Waals surface area (Å²) in [6.45, 7) is 0. The number of anilines is 1. The minimum Gasteiger partial charge on any atom is -1.00 e. The van der Waals surface area contributed by atoms with Gasteiger partial charge in [-0.25, -0.2) is 0 Å². The quantitative estimate of drug-likeness (QED) is 0.435. The molecule has 0 aliphatic heterocycles. The van der Waals surface area contributed by atoms with E-state index in [1.54, 1.807) is 0 Å². The van der Waals surface area contributed by atoms with Crippen molar-refractivity contribution in [2.24, 2.45) is 0 Å². The third-order valence-electron chi connectivity index (χ3n) is 1.16. The summed E-state index contributed by atoms with van der Waals surface area (Å²) >= 11 is 0. The molecule has 0 fully saturated rings. The first-order valence-corrected chi connectivity index (χ1v) is 4.27. The van der Waals surface area contributed by atoms with E-state index in [9.17, 15) is 8.42 Å². The van der Waals surface area contributed by atoms with Gasteiger partial charge in [-0.3, -0.25) is 4.55 Å². The van der Waals surface area contributed by atoms with Crippen LogP contribution < -0.4 is 5.73 Å². The summed E-state index contributed by atoms with van der Waals surface area (Å²) in [5.41, 5.74) is 5.59. The predicted octanol–water partition coefficient (Wildman–Crippen LogP) is 0.360. The van der Waals surface area contributed by atoms with E-state index in [2.05, 4.69) is 0 Å². The molecule has 0 aliphatic rings. The van der Waals surface area contributed by atoms with Crippen LogP contribution in [0.4, 0.5) is 5.69 Å². The molecule has 4 nitrogen and oxygen atoms in total. The van der Waals surface area contributed by atoms with Crippen molar-refractivity contribution < 1.29 is 15.8 Å². The van der Waals surface area contributed by atoms with Gasteiger partial charge in [0.2, 0.25) is 0 Å². The van der Waals surface area contributed by atoms with E-state index in [-0.39, 0.29) is 53.2 Å². The molecule has 0 bridgehead atoms. The second-order valence-electron chi connectivity index (χ2n) is 2.05. The summed E-state index contributed by atoms with van der Waals surface area (Å²) in [6, 6.07) is 5.45. The van der Waals surface area contributed by atoms with Gasteiger partial charge in [0, 0.05) is 5.69 Å². The van der Waals surface area contributed by atoms with Gasteiger partial charge in [0.15, 0.2) is 0 Å². The van der Waals surface area contributed by atoms with Crippen molar-refractivity contribution in [1.29, 1.82) is 0 Å². The fourth-order valence-electron chi connectivity index (χ4n) is 0.675. The van der Waals surface area contributed by atoms with E-state index in [1.165, 1.54) is 24.3 Å². The average Bonchev–Trinajstić information content (AvgIpc) is 1.86. The number of benzene rings is 1. The second-order valence-corrected chi connectivity index (χ2v) is 3.47. The first-order chi connectivity index (χ1) is 5.00. The van der Waals surface area contributed by atoms with Crippen LogP contribution in [-0.2, 0) is 10.1 Å². The monoisotopic (exact) mass is 263 g/mol. The van der Waals surface area contributed by atoms with Crippen LogP contribution in [0.3, 0.4) is 0 Å². The molecule has 0 unspecified atom stereocenters. The van der Waals surface area contributed by atoms with Crippen LogP contribution in [0.15, 0.2) is 29.2 Å². The summed E-state index contributed by atoms with van der Waals surface area (Å²) in [7, 11) is -4.11. The van der Waals surface area contributed by atoms with E-state index in [1.807, 2.05) is 0 Å². The summed E-state index contributed by atoms with van der Waals surface area (Å²) in [4.78, 5) is -0.183. The first kappa shape index (κ1) is 12.4. The molecule has 1 rings (SSSR count). The standard InChI is InChI=1S/C6H7NO3S.Sr.2H/c7-5-2-1-3-6(4-5)11(8,9)10;;;/h1-4H,7H2,(H,8,9,10);;;/q;+2;2*-1. The Kier molecular flexibility index (Phi) is 4.75. The van der Waals surface area contributed by atoms with Crippen LogP contribution in [0.1, 0.15) is 2.85 Å². The second kappa shape index (κ2) is 4.59. The summed E-state index contributed by atoms with van der Waals surface area (Å²) in [5, 5.41) is 0. The maximum Gasteiger partial charge on any atom is 2.00 e. The van der Waals surface area contributed by atoms with Crippen LogP contribution in [-0.4, -0.2) is 58.5 Å². The molecule has 0 saturated heterocycles. The third-order valence-corrected chi connectivity index (χ3v) is 2.01. The molecular formula is C6H9NO3SSr. The maximum atomic E-state index is 10.5. The van der Waals surface area contributed by atoms with E-state index in [4.69, 9.17) is 10.3 Å². The average molecular weight is 263 g/mol. The van der Waals surface area contributed by atoms with Crippen molar-refractivity contribution in [2.45, 2.75) is 4.90 Å². The van der Waals surface area contributed by atoms with Crippen LogP contribution in [0.25, 0.3) is 0 Å². The Bertz CT molecular complexity index is 371. The molecule has 0 spiro atoms. The SMILES string of the molecule is Nc1cccc(S(=O)(=O)O)c1.[H-].[H-].[Sr+2]. The van der Waals surface area contributed by atoms with Gasteiger partial charge in [0.05, 0.1) is 4.90 Å². The van der Waals surface area contributed by atoms with Gasteiger partial charge < -0.3 is 8.59 Å². The van der Waals surface area contributed by atoms with Crippen molar-refractivity contribution in [3.63, 3.8) is 0 Å². The summed E-state index contributed by atoms with van der Waals surface area (Å²) in [5.74, 6) is 0. The van der Waals surface area contributed by atoms with Gasteiger partial charge in [0.25, 0.3) is 10.1 Å². The molecule has 0 saturated carbocycles. The molecule has 6 heteroatoms. The molecule has 1 aromatic rings. The zero-order valence-electron chi connectivity index (χ0n) is 8.27. The fourth-order valence-corrected chi connectivity index (χ4v) is 1.21. The molecule has 0 amide bonds. The Balaban J connectivity index is -0.000000403. The van der Waals surface area contributed by atoms with Gasteiger partial charge in [-0.15, -0.1) is 0 Å². The molecule has 0 aromatic heterocycles. The summed E-state index contributed by atoms with van der Waals surface area (Å²) < 4.78 is 29.5. The molecule has 64 valence electrons. The Morgan fingerprint density at radius 1 is 1.42 bits per heavy atom. The van der Waals surface area contributed by atoms with Crippen molar-refractivity contribution in [3.8, 4) is 0 Å². The molecule has 1 aromatic carbocycles. The minimum absolute atomic E-state index is 0. The molecular weight excluding hydrogens is 254 g/mol. The van der Waals surface area contributed by atoms with Crippen molar-refractivity contribution in [1.82, 2.24) is 0 Å². The first-order valence-electron chi connectivity index (χ1n) is 2.83. The molecule has 3 N–H and O–H groups in total. The zero-order valence-corrected chi connectivity index (χ0v) is 10.6. The van der Waals surface area contributed by atoms with Crippen LogP contribution in [0, 0.1) is 0 Å². The maximum absolute atomic E-state index is 10.5. The Morgan fingerprint density at radius 2 is 2.00 bits per heavy atom. The van der Waals surface area contributed by atoms with E-state index >= 15 is 0 Å². The van der Waals surface area contributed by atoms with E-state index < -0.39 is 10.1 Å². The molecule has 12 heavy (non-hydrogen) atoms. The Hall–Kier alpha value is 0.411. The van der Waals surface area contributed by atoms with Crippen LogP contribution >= 0.6 is 0 Å². The number of rotatable bonds is 1. The van der Waals surface area contributed by atoms with Gasteiger partial charge >= 0.3 is 45.5 Å². The van der Waals surface area contributed by atoms with E-state index in [0.717, 1.165) is 0 Å². The van der Waals surface area contributed by atoms with Crippen LogP contribution in [0.2, 0.25) is 0 Å². The Labute approximate surface area is 111 Å². The number of nitrogens with two attached hydrogens (primary N) is 1. The molecule has 0 aliphatic carbocycles. The van der Waals surface area contributed by atoms with Crippen molar-refractivity contribution >= 4 is 61.3 Å². The topological polar surface area (TPSA) is 80.4 Å². The van der Waals surface area contributed by atoms with Crippen molar-refractivity contribution in [3.05, 3.63) is 24.3 Å². The minimum atomic E-state index is -4.11. The van der Waals surface area contributed by atoms with E-state index in [0.29, 0.717) is 5.69 Å². The third kappa shape index (κ3) is 3.42. The smallest absolute Gasteiger partial charge is 1.00 e. The van der Waals surface area contributed by atoms with Crippen LogP contribution in [0.5, 0.6) is 0 Å².